The van der Waals surface area contributed by atoms with E-state index in [0.29, 0.717) is 5.56 Å². The topological polar surface area (TPSA) is 96.7 Å². The van der Waals surface area contributed by atoms with E-state index in [1.165, 1.54) is 0 Å². The molecule has 0 aliphatic carbocycles. The first-order chi connectivity index (χ1) is 7.93. The number of hydrogen-bond donors (Lipinski definition) is 0. The largest absolute Gasteiger partial charge is 0 e. The molecule has 0 aromatic heterocycles. The normalized spacial score (nSPS) is 4.47. The monoisotopic (exact) mass is 272 g/mol. The first-order valence-corrected chi connectivity index (χ1v) is 3.17. The van der Waals surface area contributed by atoms with E-state index in [9.17, 15) is 4.79 Å². The van der Waals surface area contributed by atoms with Gasteiger partial charge in [-0.15, -0.1) is 35.9 Å². The van der Waals surface area contributed by atoms with E-state index in [-0.39, 0.29) is 17.1 Å². The van der Waals surface area contributed by atoms with Gasteiger partial charge in [-0.05, 0) is 0 Å². The van der Waals surface area contributed by atoms with Crippen LogP contribution >= 0.6 is 0 Å². The first kappa shape index (κ1) is 29.5. The van der Waals surface area contributed by atoms with Gasteiger partial charge in [0.15, 0.2) is 0 Å². The van der Waals surface area contributed by atoms with Crippen LogP contribution in [-0.2, 0) is 35.7 Å². The van der Waals surface area contributed by atoms with Gasteiger partial charge in [0.25, 0.3) is 0 Å². The van der Waals surface area contributed by atoms with Crippen LogP contribution in [0.25, 0.3) is 0 Å². The minimum Gasteiger partial charge on any atom is 0 e. The molecular weight excluding hydrogens is 267 g/mol. The summed E-state index contributed by atoms with van der Waals surface area (Å²) in [6, 6.07) is 9.81. The Labute approximate surface area is 110 Å². The van der Waals surface area contributed by atoms with Gasteiger partial charge < -0.3 is 4.79 Å². The molecule has 0 saturated carbocycles. The third-order valence-corrected chi connectivity index (χ3v) is 0.860. The number of carbonyl (C=O) groups excluding carboxylic acids is 1. The van der Waals surface area contributed by atoms with E-state index < -0.39 is 0 Å². The minimum absolute atomic E-state index is 0. The molecule has 87 valence electrons. The maximum atomic E-state index is 9.98. The molecule has 5 nitrogen and oxygen atoms in total. The fourth-order valence-electron chi connectivity index (χ4n) is 0.481. The third kappa shape index (κ3) is 31.4. The Kier molecular flexibility index (Phi) is 82.1. The third-order valence-electron chi connectivity index (χ3n) is 0.860. The Balaban J connectivity index is -0.0000000462. The van der Waals surface area contributed by atoms with Gasteiger partial charge in [-0.2, -0.15) is 0 Å². The fraction of sp³-hybridized carbons (Fsp3) is 0. The number of carbonyl (C=O) groups is 1. The molecule has 1 rings (SSSR count). The minimum atomic E-state index is 0. The fourth-order valence-corrected chi connectivity index (χ4v) is 0.481. The molecule has 0 atom stereocenters. The van der Waals surface area contributed by atoms with Crippen LogP contribution in [0.1, 0.15) is 10.4 Å². The van der Waals surface area contributed by atoms with Crippen LogP contribution in [0.5, 0.6) is 0 Å². The molecule has 1 aromatic rings. The van der Waals surface area contributed by atoms with Crippen molar-refractivity contribution >= 4 is 6.29 Å². The Bertz CT molecular complexity index is 289. The number of rotatable bonds is 1. The summed E-state index contributed by atoms with van der Waals surface area (Å²) in [6.07, 6.45) is 0.778. The summed E-state index contributed by atoms with van der Waals surface area (Å²) in [4.78, 5) is 9.98. The van der Waals surface area contributed by atoms with Crippen molar-refractivity contribution < 1.29 is 40.5 Å². The van der Waals surface area contributed by atoms with E-state index in [4.69, 9.17) is 18.6 Å². The van der Waals surface area contributed by atoms with Crippen LogP contribution in [0, 0.1) is 32.7 Å². The summed E-state index contributed by atoms with van der Waals surface area (Å²) in [5, 5.41) is 0. The Hall–Kier alpha value is -1.63. The van der Waals surface area contributed by atoms with Gasteiger partial charge in [0.2, 0.25) is 0 Å². The molecule has 1 radical (unpaired) electrons. The molecule has 0 aliphatic rings. The van der Waals surface area contributed by atoms with Gasteiger partial charge in [0.1, 0.15) is 0 Å². The maximum absolute atomic E-state index is 9.98. The van der Waals surface area contributed by atoms with Crippen molar-refractivity contribution in [1.82, 2.24) is 0 Å². The molecule has 6 heteroatoms. The second kappa shape index (κ2) is 47.3. The van der Waals surface area contributed by atoms with Crippen LogP contribution in [0.3, 0.4) is 0 Å². The average Bonchev–Trinajstić information content (AvgIpc) is 2.48. The van der Waals surface area contributed by atoms with Gasteiger partial charge in [0, 0.05) is 17.1 Å². The zero-order valence-electron chi connectivity index (χ0n) is 8.31. The summed E-state index contributed by atoms with van der Waals surface area (Å²) >= 11 is 0. The SMILES string of the molecule is O=Cc1[c-]cccc1.[C-]#[O+].[C-]#[O+].[C-]#[O+].[C-]#[O+].[Mn]. The Morgan fingerprint density at radius 2 is 1.35 bits per heavy atom. The second-order valence-electron chi connectivity index (χ2n) is 1.44. The second-order valence-corrected chi connectivity index (χ2v) is 1.44. The molecule has 1 aromatic carbocycles. The van der Waals surface area contributed by atoms with Crippen molar-refractivity contribution in [1.29, 1.82) is 0 Å². The van der Waals surface area contributed by atoms with Crippen molar-refractivity contribution in [3.05, 3.63) is 62.5 Å². The Morgan fingerprint density at radius 1 is 0.941 bits per heavy atom. The standard InChI is InChI=1S/C7H5O.4CO.Mn/c8-6-7-4-2-1-3-5-7;4*1-2;/h1-4,6H;;;;;/q-1;;;;;. The number of benzene rings is 1. The molecule has 0 saturated heterocycles. The molecule has 0 bridgehead atoms. The van der Waals surface area contributed by atoms with E-state index in [1.54, 1.807) is 18.2 Å². The molecular formula is C11H5MnO5-. The van der Waals surface area contributed by atoms with Crippen LogP contribution in [0.15, 0.2) is 24.3 Å². The zero-order valence-corrected chi connectivity index (χ0v) is 9.49. The molecule has 17 heavy (non-hydrogen) atoms. The summed E-state index contributed by atoms with van der Waals surface area (Å²) in [5.41, 5.74) is 0.604. The van der Waals surface area contributed by atoms with Crippen LogP contribution < -0.4 is 0 Å². The summed E-state index contributed by atoms with van der Waals surface area (Å²) in [6.45, 7) is 18.0. The van der Waals surface area contributed by atoms with Crippen molar-refractivity contribution in [2.45, 2.75) is 0 Å². The van der Waals surface area contributed by atoms with Gasteiger partial charge in [-0.1, -0.05) is 0 Å². The predicted octanol–water partition coefficient (Wildman–Crippen LogP) is 1.15. The summed E-state index contributed by atoms with van der Waals surface area (Å²) in [5.74, 6) is 0. The molecule has 0 aliphatic heterocycles. The van der Waals surface area contributed by atoms with Crippen molar-refractivity contribution in [3.63, 3.8) is 0 Å². The van der Waals surface area contributed by atoms with Crippen molar-refractivity contribution in [2.24, 2.45) is 0 Å². The predicted molar refractivity (Wildman–Crippen MR) is 46.4 cm³/mol. The van der Waals surface area contributed by atoms with E-state index in [1.807, 2.05) is 6.07 Å². The van der Waals surface area contributed by atoms with Crippen molar-refractivity contribution in [3.8, 4) is 0 Å². The quantitative estimate of drug-likeness (QED) is 0.326. The Morgan fingerprint density at radius 3 is 1.53 bits per heavy atom. The molecule has 0 spiro atoms. The molecule has 0 amide bonds. The van der Waals surface area contributed by atoms with E-state index >= 15 is 0 Å². The van der Waals surface area contributed by atoms with Gasteiger partial charge >= 0.3 is 45.2 Å². The van der Waals surface area contributed by atoms with Gasteiger partial charge in [0.05, 0.1) is 6.29 Å². The summed E-state index contributed by atoms with van der Waals surface area (Å²) < 4.78 is 30.0. The number of aldehydes is 1. The molecule has 0 fully saturated rings. The molecule has 0 N–H and O–H groups in total. The smallest absolute Gasteiger partial charge is 0 e. The molecule has 0 unspecified atom stereocenters. The average molecular weight is 272 g/mol. The first-order valence-electron chi connectivity index (χ1n) is 3.17. The van der Waals surface area contributed by atoms with Crippen LogP contribution in [0.4, 0.5) is 0 Å². The summed E-state index contributed by atoms with van der Waals surface area (Å²) in [7, 11) is 0. The van der Waals surface area contributed by atoms with Crippen molar-refractivity contribution in [2.75, 3.05) is 0 Å². The van der Waals surface area contributed by atoms with Gasteiger partial charge in [-0.25, -0.2) is 0 Å². The van der Waals surface area contributed by atoms with Crippen LogP contribution in [0.2, 0.25) is 0 Å². The zero-order chi connectivity index (χ0) is 13.8. The maximum Gasteiger partial charge on any atom is 0 e. The molecule has 0 heterocycles. The van der Waals surface area contributed by atoms with Gasteiger partial charge in [-0.3, -0.25) is 0 Å². The number of hydrogen-bond acceptors (Lipinski definition) is 1. The van der Waals surface area contributed by atoms with Crippen LogP contribution in [-0.4, -0.2) is 6.29 Å². The van der Waals surface area contributed by atoms with E-state index in [0.717, 1.165) is 6.29 Å². The van der Waals surface area contributed by atoms with E-state index in [2.05, 4.69) is 32.7 Å².